The molecule has 1 aliphatic heterocycles. The smallest absolute Gasteiger partial charge is 0.125 e. The van der Waals surface area contributed by atoms with Gasteiger partial charge in [-0.1, -0.05) is 11.6 Å². The van der Waals surface area contributed by atoms with Crippen LogP contribution in [0.2, 0.25) is 5.02 Å². The van der Waals surface area contributed by atoms with E-state index in [9.17, 15) is 4.39 Å². The first-order valence-electron chi connectivity index (χ1n) is 4.37. The highest BCUT2D eigenvalue weighted by Crippen LogP contribution is 2.26. The molecule has 0 saturated carbocycles. The van der Waals surface area contributed by atoms with E-state index in [1.165, 1.54) is 6.07 Å². The number of halogens is 2. The molecule has 1 nitrogen and oxygen atoms in total. The van der Waals surface area contributed by atoms with Gasteiger partial charge < -0.3 is 5.32 Å². The van der Waals surface area contributed by atoms with Gasteiger partial charge in [0.2, 0.25) is 0 Å². The van der Waals surface area contributed by atoms with Crippen LogP contribution >= 0.6 is 11.6 Å². The van der Waals surface area contributed by atoms with Crippen molar-refractivity contribution in [2.45, 2.75) is 25.9 Å². The van der Waals surface area contributed by atoms with Gasteiger partial charge in [-0.3, -0.25) is 0 Å². The Balaban J connectivity index is 2.47. The maximum absolute atomic E-state index is 12.9. The Morgan fingerprint density at radius 1 is 1.54 bits per heavy atom. The van der Waals surface area contributed by atoms with Crippen LogP contribution < -0.4 is 5.32 Å². The Labute approximate surface area is 81.9 Å². The molecule has 0 radical (unpaired) electrons. The Hall–Kier alpha value is -0.600. The molecule has 0 amide bonds. The maximum atomic E-state index is 12.9. The molecule has 3 heteroatoms. The van der Waals surface area contributed by atoms with Gasteiger partial charge in [0.25, 0.3) is 0 Å². The monoisotopic (exact) mass is 199 g/mol. The van der Waals surface area contributed by atoms with Gasteiger partial charge in [0, 0.05) is 17.6 Å². The Bertz CT molecular complexity index is 338. The van der Waals surface area contributed by atoms with Crippen molar-refractivity contribution in [2.75, 3.05) is 0 Å². The molecule has 0 saturated heterocycles. The summed E-state index contributed by atoms with van der Waals surface area (Å²) >= 11 is 5.94. The number of hydrogen-bond acceptors (Lipinski definition) is 1. The summed E-state index contributed by atoms with van der Waals surface area (Å²) < 4.78 is 12.9. The van der Waals surface area contributed by atoms with E-state index in [0.717, 1.165) is 17.5 Å². The summed E-state index contributed by atoms with van der Waals surface area (Å²) in [6.07, 6.45) is 0.883. The highest BCUT2D eigenvalue weighted by Gasteiger charge is 2.17. The molecule has 70 valence electrons. The summed E-state index contributed by atoms with van der Waals surface area (Å²) in [7, 11) is 0. The molecule has 1 unspecified atom stereocenters. The lowest BCUT2D eigenvalue weighted by molar-refractivity contribution is 0.509. The van der Waals surface area contributed by atoms with E-state index in [1.807, 2.05) is 0 Å². The van der Waals surface area contributed by atoms with Crippen molar-refractivity contribution in [1.82, 2.24) is 5.32 Å². The van der Waals surface area contributed by atoms with E-state index in [1.54, 1.807) is 6.07 Å². The Kier molecular flexibility index (Phi) is 2.26. The average molecular weight is 200 g/mol. The second-order valence-corrected chi connectivity index (χ2v) is 3.92. The Morgan fingerprint density at radius 3 is 3.08 bits per heavy atom. The molecule has 0 aliphatic carbocycles. The van der Waals surface area contributed by atoms with Gasteiger partial charge >= 0.3 is 0 Å². The van der Waals surface area contributed by atoms with Crippen LogP contribution in [-0.2, 0) is 13.0 Å². The van der Waals surface area contributed by atoms with E-state index in [-0.39, 0.29) is 5.82 Å². The molecular weight excluding hydrogens is 189 g/mol. The number of benzene rings is 1. The summed E-state index contributed by atoms with van der Waals surface area (Å²) in [6.45, 7) is 2.82. The van der Waals surface area contributed by atoms with Gasteiger partial charge in [-0.2, -0.15) is 0 Å². The molecule has 1 atom stereocenters. The highest BCUT2D eigenvalue weighted by molar-refractivity contribution is 6.31. The molecule has 0 fully saturated rings. The van der Waals surface area contributed by atoms with Crippen molar-refractivity contribution in [2.24, 2.45) is 0 Å². The second kappa shape index (κ2) is 3.28. The fourth-order valence-corrected chi connectivity index (χ4v) is 2.01. The molecule has 1 N–H and O–H groups in total. The molecule has 0 spiro atoms. The minimum absolute atomic E-state index is 0.250. The summed E-state index contributed by atoms with van der Waals surface area (Å²) in [5.74, 6) is -0.250. The van der Waals surface area contributed by atoms with Gasteiger partial charge in [0.15, 0.2) is 0 Å². The molecule has 0 aromatic heterocycles. The SMILES string of the molecule is CC1Cc2c(Cl)cc(F)cc2CN1. The summed E-state index contributed by atoms with van der Waals surface area (Å²) in [6, 6.07) is 3.37. The van der Waals surface area contributed by atoms with E-state index in [4.69, 9.17) is 11.6 Å². The van der Waals surface area contributed by atoms with Crippen LogP contribution in [0.1, 0.15) is 18.1 Å². The van der Waals surface area contributed by atoms with Gasteiger partial charge in [0.05, 0.1) is 0 Å². The third-order valence-corrected chi connectivity index (χ3v) is 2.74. The predicted molar refractivity (Wildman–Crippen MR) is 51.4 cm³/mol. The quantitative estimate of drug-likeness (QED) is 0.677. The minimum Gasteiger partial charge on any atom is -0.310 e. The van der Waals surface area contributed by atoms with Crippen molar-refractivity contribution < 1.29 is 4.39 Å². The first-order chi connectivity index (χ1) is 6.16. The number of rotatable bonds is 0. The number of hydrogen-bond donors (Lipinski definition) is 1. The standard InChI is InChI=1S/C10H11ClFN/c1-6-2-9-7(5-13-6)3-8(12)4-10(9)11/h3-4,6,13H,2,5H2,1H3. The normalized spacial score (nSPS) is 21.3. The number of nitrogens with one attached hydrogen (secondary N) is 1. The van der Waals surface area contributed by atoms with Crippen molar-refractivity contribution in [3.8, 4) is 0 Å². The molecule has 1 aromatic rings. The van der Waals surface area contributed by atoms with Crippen LogP contribution in [0.3, 0.4) is 0 Å². The lowest BCUT2D eigenvalue weighted by Crippen LogP contribution is -2.33. The van der Waals surface area contributed by atoms with Crippen LogP contribution in [0, 0.1) is 5.82 Å². The van der Waals surface area contributed by atoms with E-state index < -0.39 is 0 Å². The molecular formula is C10H11ClFN. The average Bonchev–Trinajstić information content (AvgIpc) is 2.06. The molecule has 2 rings (SSSR count). The lowest BCUT2D eigenvalue weighted by Gasteiger charge is -2.23. The topological polar surface area (TPSA) is 12.0 Å². The van der Waals surface area contributed by atoms with Crippen molar-refractivity contribution in [1.29, 1.82) is 0 Å². The lowest BCUT2D eigenvalue weighted by atomic mass is 9.96. The highest BCUT2D eigenvalue weighted by atomic mass is 35.5. The van der Waals surface area contributed by atoms with Crippen LogP contribution in [0.4, 0.5) is 4.39 Å². The van der Waals surface area contributed by atoms with Crippen molar-refractivity contribution in [3.05, 3.63) is 34.1 Å². The zero-order valence-electron chi connectivity index (χ0n) is 7.40. The first-order valence-corrected chi connectivity index (χ1v) is 4.75. The zero-order valence-corrected chi connectivity index (χ0v) is 8.16. The largest absolute Gasteiger partial charge is 0.310 e. The fourth-order valence-electron chi connectivity index (χ4n) is 1.71. The maximum Gasteiger partial charge on any atom is 0.125 e. The molecule has 1 aliphatic rings. The molecule has 0 bridgehead atoms. The van der Waals surface area contributed by atoms with Crippen LogP contribution in [-0.4, -0.2) is 6.04 Å². The fraction of sp³-hybridized carbons (Fsp3) is 0.400. The van der Waals surface area contributed by atoms with Crippen LogP contribution in [0.25, 0.3) is 0 Å². The third kappa shape index (κ3) is 1.69. The summed E-state index contributed by atoms with van der Waals surface area (Å²) in [5, 5.41) is 3.83. The van der Waals surface area contributed by atoms with Gasteiger partial charge in [-0.25, -0.2) is 4.39 Å². The van der Waals surface area contributed by atoms with E-state index in [0.29, 0.717) is 17.6 Å². The first kappa shape index (κ1) is 8.97. The zero-order chi connectivity index (χ0) is 9.42. The minimum atomic E-state index is -0.250. The van der Waals surface area contributed by atoms with Gasteiger partial charge in [0.1, 0.15) is 5.82 Å². The third-order valence-electron chi connectivity index (χ3n) is 2.40. The van der Waals surface area contributed by atoms with Gasteiger partial charge in [-0.05, 0) is 36.6 Å². The van der Waals surface area contributed by atoms with Crippen LogP contribution in [0.5, 0.6) is 0 Å². The van der Waals surface area contributed by atoms with Crippen molar-refractivity contribution in [3.63, 3.8) is 0 Å². The molecule has 1 heterocycles. The number of fused-ring (bicyclic) bond motifs is 1. The second-order valence-electron chi connectivity index (χ2n) is 3.51. The van der Waals surface area contributed by atoms with Gasteiger partial charge in [-0.15, -0.1) is 0 Å². The van der Waals surface area contributed by atoms with E-state index >= 15 is 0 Å². The predicted octanol–water partition coefficient (Wildman–Crippen LogP) is 2.51. The van der Waals surface area contributed by atoms with Crippen molar-refractivity contribution >= 4 is 11.6 Å². The molecule has 1 aromatic carbocycles. The van der Waals surface area contributed by atoms with E-state index in [2.05, 4.69) is 12.2 Å². The Morgan fingerprint density at radius 2 is 2.31 bits per heavy atom. The summed E-state index contributed by atoms with van der Waals surface area (Å²) in [5.41, 5.74) is 2.08. The van der Waals surface area contributed by atoms with Crippen LogP contribution in [0.15, 0.2) is 12.1 Å². The molecule has 13 heavy (non-hydrogen) atoms. The summed E-state index contributed by atoms with van der Waals surface area (Å²) in [4.78, 5) is 0.